The zero-order chi connectivity index (χ0) is 13.2. The SMILES string of the molecule is CC1CCCC(C)N1NS(=O)(=O)C1CCNCC1. The Morgan fingerprint density at radius 2 is 1.61 bits per heavy atom. The van der Waals surface area contributed by atoms with Gasteiger partial charge in [0.1, 0.15) is 0 Å². The van der Waals surface area contributed by atoms with E-state index in [2.05, 4.69) is 24.0 Å². The Hall–Kier alpha value is -0.170. The summed E-state index contributed by atoms with van der Waals surface area (Å²) in [5, 5.41) is 4.91. The molecule has 2 rings (SSSR count). The number of hydrazine groups is 1. The van der Waals surface area contributed by atoms with Crippen LogP contribution in [0.1, 0.15) is 46.0 Å². The van der Waals surface area contributed by atoms with Crippen LogP contribution in [0.5, 0.6) is 0 Å². The summed E-state index contributed by atoms with van der Waals surface area (Å²) in [6.07, 6.45) is 4.75. The van der Waals surface area contributed by atoms with Gasteiger partial charge in [-0.05, 0) is 52.6 Å². The number of hydrogen-bond acceptors (Lipinski definition) is 4. The zero-order valence-electron chi connectivity index (χ0n) is 11.4. The van der Waals surface area contributed by atoms with Crippen LogP contribution in [0.15, 0.2) is 0 Å². The maximum absolute atomic E-state index is 12.4. The quantitative estimate of drug-likeness (QED) is 0.801. The van der Waals surface area contributed by atoms with Crippen molar-refractivity contribution in [2.24, 2.45) is 0 Å². The third-order valence-electron chi connectivity index (χ3n) is 4.15. The molecule has 2 atom stereocenters. The van der Waals surface area contributed by atoms with Crippen molar-refractivity contribution in [3.05, 3.63) is 0 Å². The Labute approximate surface area is 110 Å². The van der Waals surface area contributed by atoms with E-state index in [-0.39, 0.29) is 5.25 Å². The van der Waals surface area contributed by atoms with Crippen LogP contribution < -0.4 is 10.1 Å². The minimum Gasteiger partial charge on any atom is -0.317 e. The fourth-order valence-electron chi connectivity index (χ4n) is 2.93. The van der Waals surface area contributed by atoms with Crippen molar-refractivity contribution in [3.63, 3.8) is 0 Å². The van der Waals surface area contributed by atoms with E-state index in [1.54, 1.807) is 0 Å². The molecule has 5 nitrogen and oxygen atoms in total. The highest BCUT2D eigenvalue weighted by Gasteiger charge is 2.33. The standard InChI is InChI=1S/C12H25N3O2S/c1-10-4-3-5-11(2)15(10)14-18(16,17)12-6-8-13-9-7-12/h10-14H,3-9H2,1-2H3. The molecule has 0 saturated carbocycles. The highest BCUT2D eigenvalue weighted by Crippen LogP contribution is 2.22. The van der Waals surface area contributed by atoms with Gasteiger partial charge in [0, 0.05) is 12.1 Å². The first-order valence-corrected chi connectivity index (χ1v) is 8.55. The van der Waals surface area contributed by atoms with Gasteiger partial charge in [-0.2, -0.15) is 0 Å². The molecular formula is C12H25N3O2S. The summed E-state index contributed by atoms with van der Waals surface area (Å²) < 4.78 is 24.7. The van der Waals surface area contributed by atoms with Gasteiger partial charge in [0.25, 0.3) is 0 Å². The van der Waals surface area contributed by atoms with Gasteiger partial charge in [0.2, 0.25) is 10.0 Å². The van der Waals surface area contributed by atoms with E-state index in [9.17, 15) is 8.42 Å². The van der Waals surface area contributed by atoms with Gasteiger partial charge < -0.3 is 5.32 Å². The molecule has 0 spiro atoms. The van der Waals surface area contributed by atoms with Crippen molar-refractivity contribution in [2.75, 3.05) is 13.1 Å². The summed E-state index contributed by atoms with van der Waals surface area (Å²) in [6.45, 7) is 5.80. The number of rotatable bonds is 3. The Balaban J connectivity index is 2.01. The topological polar surface area (TPSA) is 61.4 Å². The van der Waals surface area contributed by atoms with Gasteiger partial charge in [-0.1, -0.05) is 6.42 Å². The van der Waals surface area contributed by atoms with E-state index in [0.717, 1.165) is 25.9 Å². The van der Waals surface area contributed by atoms with E-state index in [1.165, 1.54) is 6.42 Å². The van der Waals surface area contributed by atoms with Gasteiger partial charge in [0.05, 0.1) is 5.25 Å². The molecule has 0 aromatic rings. The van der Waals surface area contributed by atoms with Crippen LogP contribution in [0.3, 0.4) is 0 Å². The molecule has 0 amide bonds. The first-order chi connectivity index (χ1) is 8.50. The lowest BCUT2D eigenvalue weighted by Crippen LogP contribution is -2.56. The molecule has 2 fully saturated rings. The van der Waals surface area contributed by atoms with Crippen LogP contribution in [0.2, 0.25) is 0 Å². The summed E-state index contributed by atoms with van der Waals surface area (Å²) in [7, 11) is -3.21. The lowest BCUT2D eigenvalue weighted by atomic mass is 10.0. The number of hydrogen-bond donors (Lipinski definition) is 2. The second-order valence-electron chi connectivity index (χ2n) is 5.62. The first-order valence-electron chi connectivity index (χ1n) is 7.01. The summed E-state index contributed by atoms with van der Waals surface area (Å²) in [5.41, 5.74) is 0. The third-order valence-corrected chi connectivity index (χ3v) is 5.97. The Morgan fingerprint density at radius 3 is 2.17 bits per heavy atom. The number of sulfonamides is 1. The van der Waals surface area contributed by atoms with E-state index < -0.39 is 10.0 Å². The fourth-order valence-corrected chi connectivity index (χ4v) is 4.59. The summed E-state index contributed by atoms with van der Waals surface area (Å²) in [4.78, 5) is 2.84. The van der Waals surface area contributed by atoms with Crippen molar-refractivity contribution in [3.8, 4) is 0 Å². The van der Waals surface area contributed by atoms with Gasteiger partial charge in [-0.25, -0.2) is 13.4 Å². The molecule has 2 aliphatic heterocycles. The molecule has 2 aliphatic rings. The largest absolute Gasteiger partial charge is 0.317 e. The van der Waals surface area contributed by atoms with E-state index in [0.29, 0.717) is 24.9 Å². The van der Waals surface area contributed by atoms with E-state index in [1.807, 2.05) is 5.01 Å². The second-order valence-corrected chi connectivity index (χ2v) is 7.56. The average molecular weight is 275 g/mol. The minimum absolute atomic E-state index is 0.236. The maximum Gasteiger partial charge on any atom is 0.227 e. The average Bonchev–Trinajstić information content (AvgIpc) is 2.35. The molecule has 106 valence electrons. The molecule has 2 heterocycles. The molecular weight excluding hydrogens is 250 g/mol. The van der Waals surface area contributed by atoms with Gasteiger partial charge in [0.15, 0.2) is 0 Å². The van der Waals surface area contributed by atoms with Gasteiger partial charge in [-0.15, -0.1) is 4.83 Å². The number of piperidine rings is 2. The second kappa shape index (κ2) is 5.86. The molecule has 6 heteroatoms. The lowest BCUT2D eigenvalue weighted by molar-refractivity contribution is 0.0784. The van der Waals surface area contributed by atoms with E-state index in [4.69, 9.17) is 0 Å². The molecule has 18 heavy (non-hydrogen) atoms. The smallest absolute Gasteiger partial charge is 0.227 e. The van der Waals surface area contributed by atoms with Crippen molar-refractivity contribution in [2.45, 2.75) is 63.3 Å². The van der Waals surface area contributed by atoms with E-state index >= 15 is 0 Å². The van der Waals surface area contributed by atoms with Crippen LogP contribution in [0, 0.1) is 0 Å². The Kier molecular flexibility index (Phi) is 4.64. The molecule has 0 aliphatic carbocycles. The molecule has 2 saturated heterocycles. The van der Waals surface area contributed by atoms with Crippen LogP contribution in [-0.2, 0) is 10.0 Å². The first kappa shape index (κ1) is 14.2. The monoisotopic (exact) mass is 275 g/mol. The molecule has 2 N–H and O–H groups in total. The van der Waals surface area contributed by atoms with Crippen molar-refractivity contribution < 1.29 is 8.42 Å². The third kappa shape index (κ3) is 3.23. The molecule has 0 aromatic carbocycles. The Bertz CT molecular complexity index is 356. The highest BCUT2D eigenvalue weighted by atomic mass is 32.2. The van der Waals surface area contributed by atoms with Crippen LogP contribution in [-0.4, -0.2) is 43.8 Å². The zero-order valence-corrected chi connectivity index (χ0v) is 12.2. The van der Waals surface area contributed by atoms with Gasteiger partial charge in [-0.3, -0.25) is 0 Å². The number of nitrogens with zero attached hydrogens (tertiary/aromatic N) is 1. The molecule has 0 aromatic heterocycles. The molecule has 0 bridgehead atoms. The predicted molar refractivity (Wildman–Crippen MR) is 72.6 cm³/mol. The molecule has 2 unspecified atom stereocenters. The number of nitrogens with one attached hydrogen (secondary N) is 2. The van der Waals surface area contributed by atoms with Crippen LogP contribution >= 0.6 is 0 Å². The van der Waals surface area contributed by atoms with Gasteiger partial charge >= 0.3 is 0 Å². The van der Waals surface area contributed by atoms with Crippen molar-refractivity contribution in [1.82, 2.24) is 15.2 Å². The predicted octanol–water partition coefficient (Wildman–Crippen LogP) is 0.836. The normalized spacial score (nSPS) is 32.6. The summed E-state index contributed by atoms with van der Waals surface area (Å²) >= 11 is 0. The fraction of sp³-hybridized carbons (Fsp3) is 1.00. The minimum atomic E-state index is -3.21. The van der Waals surface area contributed by atoms with Crippen LogP contribution in [0.25, 0.3) is 0 Å². The maximum atomic E-state index is 12.4. The van der Waals surface area contributed by atoms with Crippen LogP contribution in [0.4, 0.5) is 0 Å². The summed E-state index contributed by atoms with van der Waals surface area (Å²) in [5.74, 6) is 0. The lowest BCUT2D eigenvalue weighted by Gasteiger charge is -2.39. The summed E-state index contributed by atoms with van der Waals surface area (Å²) in [6, 6.07) is 0.593. The van der Waals surface area contributed by atoms with Crippen molar-refractivity contribution in [1.29, 1.82) is 0 Å². The molecule has 0 radical (unpaired) electrons. The Morgan fingerprint density at radius 1 is 1.06 bits per heavy atom. The van der Waals surface area contributed by atoms with Crippen molar-refractivity contribution >= 4 is 10.0 Å². The highest BCUT2D eigenvalue weighted by molar-refractivity contribution is 7.90.